The van der Waals surface area contributed by atoms with E-state index in [4.69, 9.17) is 0 Å². The predicted molar refractivity (Wildman–Crippen MR) is 89.9 cm³/mol. The molecule has 2 aromatic heterocycles. The number of carbonyl (C=O) groups excluding carboxylic acids is 1. The number of anilines is 1. The number of hydrogen-bond donors (Lipinski definition) is 1. The van der Waals surface area contributed by atoms with Crippen molar-refractivity contribution < 1.29 is 4.79 Å². The van der Waals surface area contributed by atoms with Gasteiger partial charge in [-0.05, 0) is 25.5 Å². The summed E-state index contributed by atoms with van der Waals surface area (Å²) in [6.07, 6.45) is 2.51. The first-order chi connectivity index (χ1) is 11.1. The summed E-state index contributed by atoms with van der Waals surface area (Å²) in [5.74, 6) is 1.06. The lowest BCUT2D eigenvalue weighted by atomic mass is 10.1. The average Bonchev–Trinajstić information content (AvgIpc) is 2.91. The van der Waals surface area contributed by atoms with E-state index in [0.29, 0.717) is 23.1 Å². The lowest BCUT2D eigenvalue weighted by Gasteiger charge is -2.14. The molecule has 1 amide bonds. The summed E-state index contributed by atoms with van der Waals surface area (Å²) >= 11 is 1.53. The van der Waals surface area contributed by atoms with Gasteiger partial charge in [-0.15, -0.1) is 0 Å². The van der Waals surface area contributed by atoms with Crippen molar-refractivity contribution in [1.29, 1.82) is 0 Å². The van der Waals surface area contributed by atoms with Crippen molar-refractivity contribution in [3.63, 3.8) is 0 Å². The number of amides is 1. The van der Waals surface area contributed by atoms with Gasteiger partial charge in [-0.3, -0.25) is 14.2 Å². The second kappa shape index (κ2) is 6.54. The Balaban J connectivity index is 1.80. The molecule has 0 radical (unpaired) electrons. The van der Waals surface area contributed by atoms with Crippen LogP contribution in [-0.4, -0.2) is 26.2 Å². The zero-order valence-corrected chi connectivity index (χ0v) is 13.9. The van der Waals surface area contributed by atoms with Gasteiger partial charge in [0.05, 0.1) is 6.04 Å². The Morgan fingerprint density at radius 2 is 2.30 bits per heavy atom. The first kappa shape index (κ1) is 15.7. The Hall–Kier alpha value is -2.15. The number of carbonyl (C=O) groups is 1. The Morgan fingerprint density at radius 3 is 3.00 bits per heavy atom. The molecular weight excluding hydrogens is 312 g/mol. The van der Waals surface area contributed by atoms with E-state index in [1.807, 2.05) is 19.9 Å². The van der Waals surface area contributed by atoms with Gasteiger partial charge in [0, 0.05) is 29.6 Å². The molecule has 1 aliphatic rings. The molecule has 1 atom stereocenters. The van der Waals surface area contributed by atoms with Gasteiger partial charge in [0.1, 0.15) is 5.82 Å². The standard InChI is InChI=1S/C16H18N4O2S/c1-3-12-10(2)18-16-20(15(12)22)11(9-23-16)8-14(21)19-13-6-4-5-7-17-13/h4-7,11H,3,8-9H2,1-2H3,(H,17,19,21). The van der Waals surface area contributed by atoms with E-state index in [2.05, 4.69) is 15.3 Å². The van der Waals surface area contributed by atoms with Crippen LogP contribution in [-0.2, 0) is 11.2 Å². The summed E-state index contributed by atoms with van der Waals surface area (Å²) < 4.78 is 1.68. The maximum Gasteiger partial charge on any atom is 0.257 e. The number of pyridine rings is 1. The molecule has 0 aliphatic carbocycles. The summed E-state index contributed by atoms with van der Waals surface area (Å²) in [6.45, 7) is 3.81. The van der Waals surface area contributed by atoms with Crippen LogP contribution in [0.1, 0.15) is 30.6 Å². The van der Waals surface area contributed by atoms with Crippen molar-refractivity contribution in [2.24, 2.45) is 0 Å². The van der Waals surface area contributed by atoms with Crippen LogP contribution in [0.4, 0.5) is 5.82 Å². The summed E-state index contributed by atoms with van der Waals surface area (Å²) in [6, 6.07) is 5.18. The van der Waals surface area contributed by atoms with Gasteiger partial charge in [0.25, 0.3) is 5.56 Å². The van der Waals surface area contributed by atoms with Crippen molar-refractivity contribution in [3.8, 4) is 0 Å². The van der Waals surface area contributed by atoms with E-state index in [9.17, 15) is 9.59 Å². The molecule has 3 rings (SSSR count). The Morgan fingerprint density at radius 1 is 1.48 bits per heavy atom. The van der Waals surface area contributed by atoms with Gasteiger partial charge in [0.15, 0.2) is 5.16 Å². The van der Waals surface area contributed by atoms with Crippen LogP contribution in [0.15, 0.2) is 34.3 Å². The predicted octanol–water partition coefficient (Wildman–Crippen LogP) is 2.18. The zero-order valence-electron chi connectivity index (χ0n) is 13.1. The number of rotatable bonds is 4. The highest BCUT2D eigenvalue weighted by Crippen LogP contribution is 2.32. The van der Waals surface area contributed by atoms with Crippen molar-refractivity contribution in [2.75, 3.05) is 11.1 Å². The highest BCUT2D eigenvalue weighted by atomic mass is 32.2. The van der Waals surface area contributed by atoms with Crippen molar-refractivity contribution in [3.05, 3.63) is 46.0 Å². The lowest BCUT2D eigenvalue weighted by Crippen LogP contribution is -2.30. The molecule has 0 saturated heterocycles. The molecule has 120 valence electrons. The van der Waals surface area contributed by atoms with Gasteiger partial charge in [-0.25, -0.2) is 9.97 Å². The monoisotopic (exact) mass is 330 g/mol. The second-order valence-electron chi connectivity index (χ2n) is 5.42. The molecular formula is C16H18N4O2S. The number of fused-ring (bicyclic) bond motifs is 1. The molecule has 6 nitrogen and oxygen atoms in total. The lowest BCUT2D eigenvalue weighted by molar-refractivity contribution is -0.116. The molecule has 0 saturated carbocycles. The second-order valence-corrected chi connectivity index (χ2v) is 6.41. The first-order valence-electron chi connectivity index (χ1n) is 7.55. The van der Waals surface area contributed by atoms with Gasteiger partial charge >= 0.3 is 0 Å². The molecule has 3 heterocycles. The molecule has 0 fully saturated rings. The Labute approximate surface area is 138 Å². The van der Waals surface area contributed by atoms with Crippen molar-refractivity contribution >= 4 is 23.5 Å². The number of nitrogens with zero attached hydrogens (tertiary/aromatic N) is 3. The van der Waals surface area contributed by atoms with Crippen LogP contribution in [0.2, 0.25) is 0 Å². The van der Waals surface area contributed by atoms with E-state index in [-0.39, 0.29) is 23.9 Å². The number of nitrogens with one attached hydrogen (secondary N) is 1. The smallest absolute Gasteiger partial charge is 0.257 e. The Bertz CT molecular complexity index is 789. The van der Waals surface area contributed by atoms with Crippen molar-refractivity contribution in [1.82, 2.24) is 14.5 Å². The maximum absolute atomic E-state index is 12.6. The number of aromatic nitrogens is 3. The van der Waals surface area contributed by atoms with Crippen LogP contribution in [0, 0.1) is 6.92 Å². The summed E-state index contributed by atoms with van der Waals surface area (Å²) in [5, 5.41) is 3.47. The third-order valence-corrected chi connectivity index (χ3v) is 4.96. The molecule has 0 spiro atoms. The highest BCUT2D eigenvalue weighted by Gasteiger charge is 2.29. The van der Waals surface area contributed by atoms with E-state index in [0.717, 1.165) is 11.3 Å². The quantitative estimate of drug-likeness (QED) is 0.870. The first-order valence-corrected chi connectivity index (χ1v) is 8.54. The molecule has 23 heavy (non-hydrogen) atoms. The fourth-order valence-electron chi connectivity index (χ4n) is 2.72. The van der Waals surface area contributed by atoms with Crippen LogP contribution in [0.5, 0.6) is 0 Å². The van der Waals surface area contributed by atoms with Crippen LogP contribution >= 0.6 is 11.8 Å². The minimum Gasteiger partial charge on any atom is -0.311 e. The maximum atomic E-state index is 12.6. The molecule has 0 aromatic carbocycles. The third-order valence-electron chi connectivity index (χ3n) is 3.86. The normalized spacial score (nSPS) is 16.2. The van der Waals surface area contributed by atoms with Crippen LogP contribution in [0.3, 0.4) is 0 Å². The number of aryl methyl sites for hydroxylation is 1. The van der Waals surface area contributed by atoms with Crippen LogP contribution in [0.25, 0.3) is 0 Å². The molecule has 0 bridgehead atoms. The Kier molecular flexibility index (Phi) is 4.47. The van der Waals surface area contributed by atoms with E-state index in [1.165, 1.54) is 11.8 Å². The minimum atomic E-state index is -0.162. The topological polar surface area (TPSA) is 76.9 Å². The zero-order chi connectivity index (χ0) is 16.4. The molecule has 7 heteroatoms. The van der Waals surface area contributed by atoms with Gasteiger partial charge in [0.2, 0.25) is 5.91 Å². The largest absolute Gasteiger partial charge is 0.311 e. The van der Waals surface area contributed by atoms with E-state index < -0.39 is 0 Å². The van der Waals surface area contributed by atoms with E-state index in [1.54, 1.807) is 22.9 Å². The summed E-state index contributed by atoms with van der Waals surface area (Å²) in [4.78, 5) is 33.4. The summed E-state index contributed by atoms with van der Waals surface area (Å²) in [5.41, 5.74) is 1.50. The van der Waals surface area contributed by atoms with E-state index >= 15 is 0 Å². The van der Waals surface area contributed by atoms with Crippen molar-refractivity contribution in [2.45, 2.75) is 37.9 Å². The highest BCUT2D eigenvalue weighted by molar-refractivity contribution is 7.99. The fraction of sp³-hybridized carbons (Fsp3) is 0.375. The molecule has 2 aromatic rings. The summed E-state index contributed by atoms with van der Waals surface area (Å²) in [7, 11) is 0. The molecule has 1 unspecified atom stereocenters. The molecule has 1 N–H and O–H groups in total. The molecule has 1 aliphatic heterocycles. The van der Waals surface area contributed by atoms with Gasteiger partial charge < -0.3 is 5.32 Å². The minimum absolute atomic E-state index is 0.0179. The SMILES string of the molecule is CCc1c(C)nc2n(c1=O)C(CC(=O)Nc1ccccn1)CS2. The van der Waals surface area contributed by atoms with Gasteiger partial charge in [-0.2, -0.15) is 0 Å². The number of hydrogen-bond acceptors (Lipinski definition) is 5. The fourth-order valence-corrected chi connectivity index (χ4v) is 3.90. The average molecular weight is 330 g/mol. The van der Waals surface area contributed by atoms with Gasteiger partial charge in [-0.1, -0.05) is 24.8 Å². The third kappa shape index (κ3) is 3.14. The number of thioether (sulfide) groups is 1. The van der Waals surface area contributed by atoms with Crippen LogP contribution < -0.4 is 10.9 Å².